The number of nitrogens with zero attached hydrogens (tertiary/aromatic N) is 4. The summed E-state index contributed by atoms with van der Waals surface area (Å²) in [4.78, 5) is 12.4. The van der Waals surface area contributed by atoms with E-state index in [-0.39, 0.29) is 0 Å². The van der Waals surface area contributed by atoms with Crippen LogP contribution in [0, 0.1) is 0 Å². The topological polar surface area (TPSA) is 52.8 Å². The van der Waals surface area contributed by atoms with Crippen LogP contribution in [-0.4, -0.2) is 19.5 Å². The first kappa shape index (κ1) is 14.0. The lowest BCUT2D eigenvalue weighted by Crippen LogP contribution is -1.96. The zero-order valence-electron chi connectivity index (χ0n) is 12.3. The standard InChI is InChI=1S/C17H16N4O/c1-21-11-16(20-13-21)12-22-17-8-15(9-19-10-17)3-2-14-4-6-18-7-5-14/h2-11,13H,12H2,1H3/b3-2+. The Morgan fingerprint density at radius 2 is 1.91 bits per heavy atom. The smallest absolute Gasteiger partial charge is 0.138 e. The van der Waals surface area contributed by atoms with Crippen LogP contribution >= 0.6 is 0 Å². The van der Waals surface area contributed by atoms with E-state index in [0.29, 0.717) is 6.61 Å². The molecule has 3 aromatic rings. The predicted molar refractivity (Wildman–Crippen MR) is 84.9 cm³/mol. The largest absolute Gasteiger partial charge is 0.486 e. The average Bonchev–Trinajstić information content (AvgIpc) is 2.98. The number of hydrogen-bond donors (Lipinski definition) is 0. The van der Waals surface area contributed by atoms with E-state index in [4.69, 9.17) is 4.74 Å². The quantitative estimate of drug-likeness (QED) is 0.725. The van der Waals surface area contributed by atoms with Crippen molar-refractivity contribution in [3.05, 3.63) is 72.3 Å². The highest BCUT2D eigenvalue weighted by Crippen LogP contribution is 2.15. The van der Waals surface area contributed by atoms with Crippen LogP contribution in [0.3, 0.4) is 0 Å². The van der Waals surface area contributed by atoms with Crippen molar-refractivity contribution in [3.63, 3.8) is 0 Å². The van der Waals surface area contributed by atoms with Crippen LogP contribution in [0.1, 0.15) is 16.8 Å². The fraction of sp³-hybridized carbons (Fsp3) is 0.118. The number of imidazole rings is 1. The zero-order chi connectivity index (χ0) is 15.2. The van der Waals surface area contributed by atoms with Crippen molar-refractivity contribution in [2.75, 3.05) is 0 Å². The molecule has 0 aliphatic carbocycles. The fourth-order valence-corrected chi connectivity index (χ4v) is 1.97. The number of ether oxygens (including phenoxy) is 1. The molecule has 0 saturated heterocycles. The molecule has 110 valence electrons. The summed E-state index contributed by atoms with van der Waals surface area (Å²) in [5.74, 6) is 0.725. The molecule has 0 bridgehead atoms. The molecular formula is C17H16N4O. The summed E-state index contributed by atoms with van der Waals surface area (Å²) in [5, 5.41) is 0. The minimum Gasteiger partial charge on any atom is -0.486 e. The second-order valence-corrected chi connectivity index (χ2v) is 4.89. The molecular weight excluding hydrogens is 276 g/mol. The lowest BCUT2D eigenvalue weighted by atomic mass is 10.2. The number of rotatable bonds is 5. The first-order valence-electron chi connectivity index (χ1n) is 6.92. The highest BCUT2D eigenvalue weighted by Gasteiger charge is 2.00. The molecule has 0 radical (unpaired) electrons. The molecule has 5 heteroatoms. The molecule has 0 unspecified atom stereocenters. The van der Waals surface area contributed by atoms with Gasteiger partial charge in [0.15, 0.2) is 0 Å². The van der Waals surface area contributed by atoms with Crippen molar-refractivity contribution in [3.8, 4) is 5.75 Å². The maximum atomic E-state index is 5.72. The maximum absolute atomic E-state index is 5.72. The van der Waals surface area contributed by atoms with Gasteiger partial charge in [0.1, 0.15) is 12.4 Å². The Balaban J connectivity index is 1.66. The first-order valence-corrected chi connectivity index (χ1v) is 6.92. The van der Waals surface area contributed by atoms with Crippen LogP contribution in [0.15, 0.2) is 55.5 Å². The summed E-state index contributed by atoms with van der Waals surface area (Å²) in [5.41, 5.74) is 2.96. The molecule has 0 aromatic carbocycles. The molecule has 3 heterocycles. The Morgan fingerprint density at radius 3 is 2.68 bits per heavy atom. The Bertz CT molecular complexity index is 765. The second-order valence-electron chi connectivity index (χ2n) is 4.89. The normalized spacial score (nSPS) is 11.0. The summed E-state index contributed by atoms with van der Waals surface area (Å²) in [6.45, 7) is 0.431. The molecule has 0 spiro atoms. The third kappa shape index (κ3) is 3.79. The number of aryl methyl sites for hydroxylation is 1. The van der Waals surface area contributed by atoms with Gasteiger partial charge < -0.3 is 9.30 Å². The van der Waals surface area contributed by atoms with Crippen molar-refractivity contribution in [1.82, 2.24) is 19.5 Å². The van der Waals surface area contributed by atoms with Gasteiger partial charge in [-0.3, -0.25) is 9.97 Å². The van der Waals surface area contributed by atoms with E-state index in [9.17, 15) is 0 Å². The molecule has 0 atom stereocenters. The van der Waals surface area contributed by atoms with Gasteiger partial charge in [-0.2, -0.15) is 0 Å². The van der Waals surface area contributed by atoms with Crippen molar-refractivity contribution in [2.24, 2.45) is 7.05 Å². The van der Waals surface area contributed by atoms with E-state index in [1.54, 1.807) is 31.1 Å². The summed E-state index contributed by atoms with van der Waals surface area (Å²) in [6, 6.07) is 5.85. The number of aromatic nitrogens is 4. The Labute approximate surface area is 129 Å². The van der Waals surface area contributed by atoms with Crippen molar-refractivity contribution in [2.45, 2.75) is 6.61 Å². The highest BCUT2D eigenvalue weighted by molar-refractivity contribution is 5.69. The number of pyridine rings is 2. The van der Waals surface area contributed by atoms with E-state index >= 15 is 0 Å². The molecule has 0 amide bonds. The predicted octanol–water partition coefficient (Wildman–Crippen LogP) is 2.96. The Hall–Kier alpha value is -2.95. The summed E-state index contributed by atoms with van der Waals surface area (Å²) < 4.78 is 7.61. The van der Waals surface area contributed by atoms with Crippen molar-refractivity contribution >= 4 is 12.2 Å². The third-order valence-electron chi connectivity index (χ3n) is 3.05. The van der Waals surface area contributed by atoms with Crippen LogP contribution in [0.2, 0.25) is 0 Å². The van der Waals surface area contributed by atoms with Gasteiger partial charge in [0.25, 0.3) is 0 Å². The SMILES string of the molecule is Cn1cnc(COc2cncc(/C=C/c3ccncc3)c2)c1. The molecule has 0 saturated carbocycles. The zero-order valence-corrected chi connectivity index (χ0v) is 12.3. The molecule has 0 aliphatic heterocycles. The van der Waals surface area contributed by atoms with E-state index in [2.05, 4.69) is 15.0 Å². The Morgan fingerprint density at radius 1 is 1.09 bits per heavy atom. The van der Waals surface area contributed by atoms with E-state index in [1.165, 1.54) is 0 Å². The summed E-state index contributed by atoms with van der Waals surface area (Å²) >= 11 is 0. The molecule has 0 N–H and O–H groups in total. The van der Waals surface area contributed by atoms with Crippen molar-refractivity contribution in [1.29, 1.82) is 0 Å². The van der Waals surface area contributed by atoms with Gasteiger partial charge in [0.2, 0.25) is 0 Å². The fourth-order valence-electron chi connectivity index (χ4n) is 1.97. The average molecular weight is 292 g/mol. The lowest BCUT2D eigenvalue weighted by Gasteiger charge is -2.04. The van der Waals surface area contributed by atoms with Gasteiger partial charge in [-0.25, -0.2) is 4.98 Å². The van der Waals surface area contributed by atoms with Crippen LogP contribution in [0.4, 0.5) is 0 Å². The first-order chi connectivity index (χ1) is 10.8. The lowest BCUT2D eigenvalue weighted by molar-refractivity contribution is 0.300. The monoisotopic (exact) mass is 292 g/mol. The third-order valence-corrected chi connectivity index (χ3v) is 3.05. The molecule has 3 aromatic heterocycles. The summed E-state index contributed by atoms with van der Waals surface area (Å²) in [6.07, 6.45) is 14.7. The van der Waals surface area contributed by atoms with Crippen molar-refractivity contribution < 1.29 is 4.74 Å². The molecule has 0 fully saturated rings. The maximum Gasteiger partial charge on any atom is 0.138 e. The van der Waals surface area contributed by atoms with Gasteiger partial charge in [-0.05, 0) is 29.3 Å². The Kier molecular flexibility index (Phi) is 4.25. The molecule has 3 rings (SSSR count). The van der Waals surface area contributed by atoms with E-state index in [1.807, 2.05) is 48.2 Å². The molecule has 0 aliphatic rings. The number of hydrogen-bond acceptors (Lipinski definition) is 4. The summed E-state index contributed by atoms with van der Waals surface area (Å²) in [7, 11) is 1.93. The van der Waals surface area contributed by atoms with Gasteiger partial charge in [0.05, 0.1) is 18.2 Å². The second kappa shape index (κ2) is 6.67. The van der Waals surface area contributed by atoms with Crippen LogP contribution < -0.4 is 4.74 Å². The minimum atomic E-state index is 0.431. The highest BCUT2D eigenvalue weighted by atomic mass is 16.5. The molecule has 22 heavy (non-hydrogen) atoms. The van der Waals surface area contributed by atoms with Gasteiger partial charge in [-0.1, -0.05) is 12.2 Å². The van der Waals surface area contributed by atoms with Gasteiger partial charge >= 0.3 is 0 Å². The van der Waals surface area contributed by atoms with Gasteiger partial charge in [-0.15, -0.1) is 0 Å². The van der Waals surface area contributed by atoms with Crippen LogP contribution in [0.5, 0.6) is 5.75 Å². The van der Waals surface area contributed by atoms with E-state index < -0.39 is 0 Å². The minimum absolute atomic E-state index is 0.431. The van der Waals surface area contributed by atoms with E-state index in [0.717, 1.165) is 22.6 Å². The van der Waals surface area contributed by atoms with Crippen LogP contribution in [0.25, 0.3) is 12.2 Å². The van der Waals surface area contributed by atoms with Crippen LogP contribution in [-0.2, 0) is 13.7 Å². The molecule has 5 nitrogen and oxygen atoms in total. The van der Waals surface area contributed by atoms with Gasteiger partial charge in [0, 0.05) is 31.8 Å².